The second-order valence-corrected chi connectivity index (χ2v) is 8.21. The van der Waals surface area contributed by atoms with Gasteiger partial charge in [-0.25, -0.2) is 0 Å². The summed E-state index contributed by atoms with van der Waals surface area (Å²) in [5.41, 5.74) is 1.73. The topological polar surface area (TPSA) is 42.7 Å². The number of hydrogen-bond donors (Lipinski definition) is 1. The Morgan fingerprint density at radius 3 is 2.57 bits per heavy atom. The molecule has 1 heterocycles. The summed E-state index contributed by atoms with van der Waals surface area (Å²) in [6.45, 7) is 8.33. The van der Waals surface area contributed by atoms with Gasteiger partial charge in [0.15, 0.2) is 0 Å². The molecule has 0 aromatic carbocycles. The van der Waals surface area contributed by atoms with E-state index >= 15 is 0 Å². The maximum Gasteiger partial charge on any atom is 0.0728 e. The minimum absolute atomic E-state index is 0.402. The molecule has 118 valence electrons. The third-order valence-electron chi connectivity index (χ3n) is 5.59. The molecule has 2 saturated carbocycles. The molecule has 0 aliphatic heterocycles. The standard InChI is InChI=1S/C17H30N4/c1-17(2,3)13-6-5-12(10-18-14-7-8-14)15(9-13)16-11-19-20-21(16)4/h11-15,18H,5-10H2,1-4H3. The summed E-state index contributed by atoms with van der Waals surface area (Å²) < 4.78 is 1.99. The fraction of sp³-hybridized carbons (Fsp3) is 0.882. The van der Waals surface area contributed by atoms with Crippen molar-refractivity contribution in [1.82, 2.24) is 20.3 Å². The summed E-state index contributed by atoms with van der Waals surface area (Å²) in [6.07, 6.45) is 8.70. The van der Waals surface area contributed by atoms with Gasteiger partial charge in [0, 0.05) is 19.0 Å². The summed E-state index contributed by atoms with van der Waals surface area (Å²) in [7, 11) is 2.04. The van der Waals surface area contributed by atoms with Crippen molar-refractivity contribution in [1.29, 1.82) is 0 Å². The largest absolute Gasteiger partial charge is 0.314 e. The van der Waals surface area contributed by atoms with Crippen LogP contribution in [0.5, 0.6) is 0 Å². The first-order valence-electron chi connectivity index (χ1n) is 8.53. The van der Waals surface area contributed by atoms with Crippen molar-refractivity contribution in [2.45, 2.75) is 64.8 Å². The Hall–Kier alpha value is -0.900. The highest BCUT2D eigenvalue weighted by Gasteiger charge is 2.38. The van der Waals surface area contributed by atoms with Crippen LogP contribution in [0.3, 0.4) is 0 Å². The van der Waals surface area contributed by atoms with Crippen LogP contribution < -0.4 is 5.32 Å². The van der Waals surface area contributed by atoms with E-state index in [1.54, 1.807) is 0 Å². The van der Waals surface area contributed by atoms with E-state index < -0.39 is 0 Å². The predicted molar refractivity (Wildman–Crippen MR) is 85.1 cm³/mol. The zero-order valence-corrected chi connectivity index (χ0v) is 14.0. The molecule has 3 atom stereocenters. The van der Waals surface area contributed by atoms with Gasteiger partial charge in [-0.2, -0.15) is 0 Å². The molecule has 1 aromatic heterocycles. The minimum Gasteiger partial charge on any atom is -0.314 e. The van der Waals surface area contributed by atoms with Crippen LogP contribution in [0.1, 0.15) is 64.5 Å². The number of nitrogens with one attached hydrogen (secondary N) is 1. The third kappa shape index (κ3) is 3.47. The van der Waals surface area contributed by atoms with Crippen molar-refractivity contribution in [3.8, 4) is 0 Å². The molecule has 0 bridgehead atoms. The molecule has 0 spiro atoms. The monoisotopic (exact) mass is 290 g/mol. The van der Waals surface area contributed by atoms with Crippen molar-refractivity contribution in [3.05, 3.63) is 11.9 Å². The zero-order valence-electron chi connectivity index (χ0n) is 14.0. The highest BCUT2D eigenvalue weighted by Crippen LogP contribution is 2.46. The Morgan fingerprint density at radius 1 is 1.24 bits per heavy atom. The first kappa shape index (κ1) is 15.0. The minimum atomic E-state index is 0.402. The Balaban J connectivity index is 1.74. The molecule has 2 aliphatic carbocycles. The maximum atomic E-state index is 4.17. The van der Waals surface area contributed by atoms with Crippen molar-refractivity contribution >= 4 is 0 Å². The number of hydrogen-bond acceptors (Lipinski definition) is 3. The van der Waals surface area contributed by atoms with Crippen LogP contribution in [0.2, 0.25) is 0 Å². The predicted octanol–water partition coefficient (Wildman–Crippen LogP) is 3.11. The molecule has 0 radical (unpaired) electrons. The molecule has 2 fully saturated rings. The van der Waals surface area contributed by atoms with E-state index in [9.17, 15) is 0 Å². The molecule has 0 amide bonds. The molecule has 2 aliphatic rings. The molecular formula is C17H30N4. The number of nitrogens with zero attached hydrogens (tertiary/aromatic N) is 3. The molecule has 3 unspecified atom stereocenters. The van der Waals surface area contributed by atoms with Gasteiger partial charge in [-0.15, -0.1) is 5.10 Å². The molecule has 4 nitrogen and oxygen atoms in total. The Morgan fingerprint density at radius 2 is 2.00 bits per heavy atom. The van der Waals surface area contributed by atoms with Crippen LogP contribution >= 0.6 is 0 Å². The van der Waals surface area contributed by atoms with Gasteiger partial charge in [-0.3, -0.25) is 4.68 Å². The molecule has 1 N–H and O–H groups in total. The summed E-state index contributed by atoms with van der Waals surface area (Å²) in [4.78, 5) is 0. The molecule has 1 aromatic rings. The lowest BCUT2D eigenvalue weighted by Crippen LogP contribution is -2.36. The van der Waals surface area contributed by atoms with Gasteiger partial charge in [-0.1, -0.05) is 26.0 Å². The Labute approximate surface area is 128 Å². The molecule has 21 heavy (non-hydrogen) atoms. The quantitative estimate of drug-likeness (QED) is 0.926. The van der Waals surface area contributed by atoms with E-state index in [0.29, 0.717) is 11.3 Å². The van der Waals surface area contributed by atoms with Gasteiger partial charge in [0.2, 0.25) is 0 Å². The van der Waals surface area contributed by atoms with Crippen LogP contribution in [0.15, 0.2) is 6.20 Å². The lowest BCUT2D eigenvalue weighted by molar-refractivity contribution is 0.126. The fourth-order valence-corrected chi connectivity index (χ4v) is 3.87. The van der Waals surface area contributed by atoms with Crippen molar-refractivity contribution in [2.24, 2.45) is 24.3 Å². The van der Waals surface area contributed by atoms with Crippen molar-refractivity contribution < 1.29 is 0 Å². The van der Waals surface area contributed by atoms with Gasteiger partial charge in [0.25, 0.3) is 0 Å². The van der Waals surface area contributed by atoms with E-state index in [-0.39, 0.29) is 0 Å². The lowest BCUT2D eigenvalue weighted by atomic mass is 9.65. The number of aromatic nitrogens is 3. The van der Waals surface area contributed by atoms with Crippen LogP contribution in [0.25, 0.3) is 0 Å². The third-order valence-corrected chi connectivity index (χ3v) is 5.59. The average Bonchev–Trinajstić information content (AvgIpc) is 3.16. The van der Waals surface area contributed by atoms with Crippen LogP contribution in [0.4, 0.5) is 0 Å². The summed E-state index contributed by atoms with van der Waals surface area (Å²) in [5.74, 6) is 2.14. The van der Waals surface area contributed by atoms with Gasteiger partial charge in [0.1, 0.15) is 0 Å². The smallest absolute Gasteiger partial charge is 0.0728 e. The van der Waals surface area contributed by atoms with E-state index in [1.165, 1.54) is 37.8 Å². The highest BCUT2D eigenvalue weighted by atomic mass is 15.4. The fourth-order valence-electron chi connectivity index (χ4n) is 3.87. The van der Waals surface area contributed by atoms with Crippen molar-refractivity contribution in [3.63, 3.8) is 0 Å². The second-order valence-electron chi connectivity index (χ2n) is 8.21. The number of rotatable bonds is 4. The Kier molecular flexibility index (Phi) is 4.08. The van der Waals surface area contributed by atoms with E-state index in [4.69, 9.17) is 0 Å². The van der Waals surface area contributed by atoms with Crippen molar-refractivity contribution in [2.75, 3.05) is 6.54 Å². The first-order valence-corrected chi connectivity index (χ1v) is 8.53. The molecule has 0 saturated heterocycles. The number of aryl methyl sites for hydroxylation is 1. The second kappa shape index (κ2) is 5.71. The van der Waals surface area contributed by atoms with Crippen LogP contribution in [-0.4, -0.2) is 27.6 Å². The first-order chi connectivity index (χ1) is 9.95. The van der Waals surface area contributed by atoms with Gasteiger partial charge in [-0.05, 0) is 55.9 Å². The zero-order chi connectivity index (χ0) is 15.0. The summed E-state index contributed by atoms with van der Waals surface area (Å²) >= 11 is 0. The van der Waals surface area contributed by atoms with Crippen LogP contribution in [0, 0.1) is 17.3 Å². The van der Waals surface area contributed by atoms with E-state index in [2.05, 4.69) is 36.4 Å². The van der Waals surface area contributed by atoms with E-state index in [1.807, 2.05) is 17.9 Å². The normalized spacial score (nSPS) is 30.6. The highest BCUT2D eigenvalue weighted by molar-refractivity contribution is 5.09. The van der Waals surface area contributed by atoms with E-state index in [0.717, 1.165) is 24.4 Å². The van der Waals surface area contributed by atoms with Gasteiger partial charge < -0.3 is 5.32 Å². The SMILES string of the molecule is Cn1nncc1C1CC(C(C)(C)C)CCC1CNC1CC1. The molecule has 3 rings (SSSR count). The Bertz CT molecular complexity index is 469. The molecule has 4 heteroatoms. The summed E-state index contributed by atoms with van der Waals surface area (Å²) in [6, 6.07) is 0.802. The molecular weight excluding hydrogens is 260 g/mol. The summed E-state index contributed by atoms with van der Waals surface area (Å²) in [5, 5.41) is 12.0. The van der Waals surface area contributed by atoms with Gasteiger partial charge >= 0.3 is 0 Å². The maximum absolute atomic E-state index is 4.17. The van der Waals surface area contributed by atoms with Gasteiger partial charge in [0.05, 0.1) is 11.9 Å². The average molecular weight is 290 g/mol. The lowest BCUT2D eigenvalue weighted by Gasteiger charge is -2.42. The van der Waals surface area contributed by atoms with Crippen LogP contribution in [-0.2, 0) is 7.05 Å².